The van der Waals surface area contributed by atoms with E-state index < -0.39 is 0 Å². The summed E-state index contributed by atoms with van der Waals surface area (Å²) in [5, 5.41) is 9.42. The molecule has 2 rings (SSSR count). The minimum Gasteiger partial charge on any atom is -0.361 e. The number of nitrogens with one attached hydrogen (secondary N) is 2. The van der Waals surface area contributed by atoms with Crippen molar-refractivity contribution in [2.24, 2.45) is 0 Å². The van der Waals surface area contributed by atoms with E-state index in [1.807, 2.05) is 45.0 Å². The zero-order chi connectivity index (χ0) is 18.4. The van der Waals surface area contributed by atoms with E-state index in [1.54, 1.807) is 17.9 Å². The maximum absolute atomic E-state index is 12.1. The third kappa shape index (κ3) is 4.82. The predicted molar refractivity (Wildman–Crippen MR) is 95.5 cm³/mol. The van der Waals surface area contributed by atoms with Gasteiger partial charge in [0.05, 0.1) is 6.04 Å². The summed E-state index contributed by atoms with van der Waals surface area (Å²) in [6.07, 6.45) is 0. The number of urea groups is 1. The van der Waals surface area contributed by atoms with Gasteiger partial charge in [-0.15, -0.1) is 0 Å². The van der Waals surface area contributed by atoms with Crippen LogP contribution < -0.4 is 10.6 Å². The van der Waals surface area contributed by atoms with Crippen LogP contribution in [0.2, 0.25) is 0 Å². The van der Waals surface area contributed by atoms with Gasteiger partial charge in [-0.05, 0) is 45.4 Å². The molecule has 3 amide bonds. The minimum atomic E-state index is -0.289. The first kappa shape index (κ1) is 18.5. The highest BCUT2D eigenvalue weighted by Gasteiger charge is 2.15. The minimum absolute atomic E-state index is 0.125. The second-order valence-electron chi connectivity index (χ2n) is 5.74. The molecule has 0 bridgehead atoms. The number of carbonyl (C=O) groups is 2. The Kier molecular flexibility index (Phi) is 6.16. The molecular weight excluding hydrogens is 320 g/mol. The van der Waals surface area contributed by atoms with Crippen LogP contribution in [0.25, 0.3) is 0 Å². The van der Waals surface area contributed by atoms with Crippen molar-refractivity contribution in [1.29, 1.82) is 0 Å². The molecule has 2 aromatic rings. The number of hydrogen-bond donors (Lipinski definition) is 2. The summed E-state index contributed by atoms with van der Waals surface area (Å²) in [6.45, 7) is 8.81. The van der Waals surface area contributed by atoms with Crippen molar-refractivity contribution in [1.82, 2.24) is 15.4 Å². The van der Waals surface area contributed by atoms with Crippen LogP contribution in [0.4, 0.5) is 10.5 Å². The fourth-order valence-corrected chi connectivity index (χ4v) is 2.40. The standard InChI is InChI=1S/C18H24N4O3/c1-5-22(6-2)18(24)20-15-9-7-14(8-10-15)13(4)19-17(23)16-11-12(3)25-21-16/h7-11,13H,5-6H2,1-4H3,(H,19,23)(H,20,24)/t13-/m0/s1. The summed E-state index contributed by atoms with van der Waals surface area (Å²) in [7, 11) is 0. The van der Waals surface area contributed by atoms with Crippen LogP contribution in [0.1, 0.15) is 48.6 Å². The van der Waals surface area contributed by atoms with Crippen molar-refractivity contribution < 1.29 is 14.1 Å². The second-order valence-corrected chi connectivity index (χ2v) is 5.74. The number of aromatic nitrogens is 1. The number of carbonyl (C=O) groups excluding carboxylic acids is 2. The summed E-state index contributed by atoms with van der Waals surface area (Å²) >= 11 is 0. The lowest BCUT2D eigenvalue weighted by molar-refractivity contribution is 0.0930. The molecule has 0 aliphatic heterocycles. The Morgan fingerprint density at radius 3 is 2.36 bits per heavy atom. The van der Waals surface area contributed by atoms with Gasteiger partial charge < -0.3 is 20.1 Å². The molecule has 0 saturated heterocycles. The molecule has 7 nitrogen and oxygen atoms in total. The molecular formula is C18H24N4O3. The first-order valence-electron chi connectivity index (χ1n) is 8.34. The fourth-order valence-electron chi connectivity index (χ4n) is 2.40. The molecule has 1 heterocycles. The number of benzene rings is 1. The monoisotopic (exact) mass is 344 g/mol. The van der Waals surface area contributed by atoms with Crippen LogP contribution in [-0.4, -0.2) is 35.1 Å². The van der Waals surface area contributed by atoms with Crippen molar-refractivity contribution in [3.63, 3.8) is 0 Å². The molecule has 134 valence electrons. The van der Waals surface area contributed by atoms with E-state index in [0.717, 1.165) is 5.56 Å². The first-order chi connectivity index (χ1) is 11.9. The van der Waals surface area contributed by atoms with E-state index in [-0.39, 0.29) is 23.7 Å². The highest BCUT2D eigenvalue weighted by molar-refractivity contribution is 5.92. The van der Waals surface area contributed by atoms with E-state index in [2.05, 4.69) is 15.8 Å². The topological polar surface area (TPSA) is 87.5 Å². The number of hydrogen-bond acceptors (Lipinski definition) is 4. The smallest absolute Gasteiger partial charge is 0.321 e. The van der Waals surface area contributed by atoms with Gasteiger partial charge in [0, 0.05) is 24.8 Å². The van der Waals surface area contributed by atoms with Crippen LogP contribution in [0, 0.1) is 6.92 Å². The summed E-state index contributed by atoms with van der Waals surface area (Å²) in [5.74, 6) is 0.300. The molecule has 1 aromatic heterocycles. The Morgan fingerprint density at radius 1 is 1.20 bits per heavy atom. The molecule has 25 heavy (non-hydrogen) atoms. The Hall–Kier alpha value is -2.83. The highest BCUT2D eigenvalue weighted by Crippen LogP contribution is 2.17. The Bertz CT molecular complexity index is 720. The molecule has 0 radical (unpaired) electrons. The first-order valence-corrected chi connectivity index (χ1v) is 8.34. The van der Waals surface area contributed by atoms with E-state index in [1.165, 1.54) is 0 Å². The number of aryl methyl sites for hydroxylation is 1. The van der Waals surface area contributed by atoms with E-state index >= 15 is 0 Å². The van der Waals surface area contributed by atoms with Gasteiger partial charge in [0.2, 0.25) is 0 Å². The lowest BCUT2D eigenvalue weighted by Crippen LogP contribution is -2.34. The van der Waals surface area contributed by atoms with E-state index in [0.29, 0.717) is 24.5 Å². The molecule has 0 aliphatic carbocycles. The van der Waals surface area contributed by atoms with Gasteiger partial charge >= 0.3 is 6.03 Å². The van der Waals surface area contributed by atoms with Crippen LogP contribution in [0.15, 0.2) is 34.9 Å². The molecule has 1 atom stereocenters. The van der Waals surface area contributed by atoms with Crippen LogP contribution >= 0.6 is 0 Å². The van der Waals surface area contributed by atoms with Crippen LogP contribution in [0.3, 0.4) is 0 Å². The van der Waals surface area contributed by atoms with Gasteiger partial charge in [0.25, 0.3) is 5.91 Å². The van der Waals surface area contributed by atoms with Crippen LogP contribution in [-0.2, 0) is 0 Å². The highest BCUT2D eigenvalue weighted by atomic mass is 16.5. The van der Waals surface area contributed by atoms with Gasteiger partial charge in [0.1, 0.15) is 5.76 Å². The zero-order valence-corrected chi connectivity index (χ0v) is 15.0. The van der Waals surface area contributed by atoms with E-state index in [4.69, 9.17) is 4.52 Å². The van der Waals surface area contributed by atoms with Crippen molar-refractivity contribution in [2.45, 2.75) is 33.7 Å². The van der Waals surface area contributed by atoms with Gasteiger partial charge in [-0.2, -0.15) is 0 Å². The Labute approximate surface area is 147 Å². The number of amides is 3. The fraction of sp³-hybridized carbons (Fsp3) is 0.389. The Morgan fingerprint density at radius 2 is 1.84 bits per heavy atom. The average molecular weight is 344 g/mol. The third-order valence-corrected chi connectivity index (χ3v) is 3.92. The number of nitrogens with zero attached hydrogens (tertiary/aromatic N) is 2. The third-order valence-electron chi connectivity index (χ3n) is 3.92. The van der Waals surface area contributed by atoms with Crippen molar-refractivity contribution in [3.05, 3.63) is 47.3 Å². The summed E-state index contributed by atoms with van der Waals surface area (Å²) in [6, 6.07) is 8.65. The maximum Gasteiger partial charge on any atom is 0.321 e. The molecule has 2 N–H and O–H groups in total. The summed E-state index contributed by atoms with van der Waals surface area (Å²) in [4.78, 5) is 25.8. The summed E-state index contributed by atoms with van der Waals surface area (Å²) in [5.41, 5.74) is 1.90. The molecule has 0 unspecified atom stereocenters. The van der Waals surface area contributed by atoms with Crippen molar-refractivity contribution in [3.8, 4) is 0 Å². The molecule has 0 spiro atoms. The summed E-state index contributed by atoms with van der Waals surface area (Å²) < 4.78 is 4.91. The second kappa shape index (κ2) is 8.32. The van der Waals surface area contributed by atoms with Crippen molar-refractivity contribution >= 4 is 17.6 Å². The number of anilines is 1. The van der Waals surface area contributed by atoms with Crippen LogP contribution in [0.5, 0.6) is 0 Å². The molecule has 7 heteroatoms. The molecule has 1 aromatic carbocycles. The largest absolute Gasteiger partial charge is 0.361 e. The van der Waals surface area contributed by atoms with Crippen molar-refractivity contribution in [2.75, 3.05) is 18.4 Å². The zero-order valence-electron chi connectivity index (χ0n) is 15.0. The maximum atomic E-state index is 12.1. The molecule has 0 aliphatic rings. The molecule has 0 saturated carbocycles. The van der Waals surface area contributed by atoms with E-state index in [9.17, 15) is 9.59 Å². The molecule has 0 fully saturated rings. The lowest BCUT2D eigenvalue weighted by Gasteiger charge is -2.19. The SMILES string of the molecule is CCN(CC)C(=O)Nc1ccc([C@H](C)NC(=O)c2cc(C)on2)cc1. The number of rotatable bonds is 6. The average Bonchev–Trinajstić information content (AvgIpc) is 3.03. The predicted octanol–water partition coefficient (Wildman–Crippen LogP) is 3.35. The van der Waals surface area contributed by atoms with Gasteiger partial charge in [-0.25, -0.2) is 4.79 Å². The van der Waals surface area contributed by atoms with Gasteiger partial charge in [-0.3, -0.25) is 4.79 Å². The normalized spacial score (nSPS) is 11.7. The van der Waals surface area contributed by atoms with Gasteiger partial charge in [-0.1, -0.05) is 17.3 Å². The Balaban J connectivity index is 1.96. The lowest BCUT2D eigenvalue weighted by atomic mass is 10.1. The van der Waals surface area contributed by atoms with Gasteiger partial charge in [0.15, 0.2) is 5.69 Å². The quantitative estimate of drug-likeness (QED) is 0.841.